The molecule has 0 amide bonds. The summed E-state index contributed by atoms with van der Waals surface area (Å²) in [5, 5.41) is 0. The fourth-order valence-corrected chi connectivity index (χ4v) is 2.28. The quantitative estimate of drug-likeness (QED) is 0.555. The topological polar surface area (TPSA) is 22.1 Å². The maximum Gasteiger partial charge on any atom is 0.217 e. The molecule has 0 bridgehead atoms. The van der Waals surface area contributed by atoms with E-state index in [1.807, 2.05) is 23.9 Å². The van der Waals surface area contributed by atoms with Gasteiger partial charge in [0.2, 0.25) is 5.88 Å². The number of ether oxygens (including phenoxy) is 1. The molecule has 1 aromatic heterocycles. The number of hydrogen-bond acceptors (Lipinski definition) is 3. The number of halogens is 1. The van der Waals surface area contributed by atoms with E-state index < -0.39 is 0 Å². The Labute approximate surface area is 94.0 Å². The largest absolute Gasteiger partial charge is 0.481 e. The molecule has 14 heavy (non-hydrogen) atoms. The smallest absolute Gasteiger partial charge is 0.217 e. The summed E-state index contributed by atoms with van der Waals surface area (Å²) in [6.45, 7) is 0. The minimum atomic E-state index is 0.728. The van der Waals surface area contributed by atoms with Crippen molar-refractivity contribution in [2.75, 3.05) is 18.7 Å². The second kappa shape index (κ2) is 6.96. The first-order valence-corrected chi connectivity index (χ1v) is 6.19. The molecule has 0 aliphatic rings. The average molecular weight is 232 g/mol. The standard InChI is InChI=1S/C10H14ClNOS/c1-13-10-9(4-2-6-12-10)8-14-7-3-5-11/h2,4,6H,3,5,7-8H2,1H3. The van der Waals surface area contributed by atoms with Crippen molar-refractivity contribution in [1.29, 1.82) is 0 Å². The third-order valence-electron chi connectivity index (χ3n) is 1.72. The molecule has 0 saturated heterocycles. The van der Waals surface area contributed by atoms with Crippen molar-refractivity contribution in [1.82, 2.24) is 4.98 Å². The van der Waals surface area contributed by atoms with E-state index in [0.717, 1.165) is 35.2 Å². The van der Waals surface area contributed by atoms with Gasteiger partial charge in [-0.3, -0.25) is 0 Å². The van der Waals surface area contributed by atoms with Gasteiger partial charge in [-0.15, -0.1) is 11.6 Å². The van der Waals surface area contributed by atoms with E-state index in [1.165, 1.54) is 0 Å². The Balaban J connectivity index is 2.41. The Hall–Kier alpha value is -0.410. The van der Waals surface area contributed by atoms with E-state index in [1.54, 1.807) is 13.3 Å². The van der Waals surface area contributed by atoms with Crippen LogP contribution in [0, 0.1) is 0 Å². The molecule has 1 aromatic rings. The SMILES string of the molecule is COc1ncccc1CSCCCCl. The van der Waals surface area contributed by atoms with Gasteiger partial charge in [-0.25, -0.2) is 4.98 Å². The summed E-state index contributed by atoms with van der Waals surface area (Å²) in [4.78, 5) is 4.13. The summed E-state index contributed by atoms with van der Waals surface area (Å²) in [5.41, 5.74) is 1.15. The molecule has 78 valence electrons. The van der Waals surface area contributed by atoms with Gasteiger partial charge in [-0.2, -0.15) is 11.8 Å². The average Bonchev–Trinajstić information content (AvgIpc) is 2.25. The minimum Gasteiger partial charge on any atom is -0.481 e. The van der Waals surface area contributed by atoms with Gasteiger partial charge in [0, 0.05) is 23.4 Å². The van der Waals surface area contributed by atoms with Crippen molar-refractivity contribution in [2.24, 2.45) is 0 Å². The summed E-state index contributed by atoms with van der Waals surface area (Å²) < 4.78 is 5.15. The highest BCUT2D eigenvalue weighted by Crippen LogP contribution is 2.20. The highest BCUT2D eigenvalue weighted by molar-refractivity contribution is 7.98. The molecular formula is C10H14ClNOS. The molecule has 0 spiro atoms. The predicted molar refractivity (Wildman–Crippen MR) is 62.3 cm³/mol. The summed E-state index contributed by atoms with van der Waals surface area (Å²) in [6, 6.07) is 3.97. The molecule has 0 atom stereocenters. The van der Waals surface area contributed by atoms with E-state index in [9.17, 15) is 0 Å². The minimum absolute atomic E-state index is 0.728. The maximum atomic E-state index is 5.59. The fraction of sp³-hybridized carbons (Fsp3) is 0.500. The van der Waals surface area contributed by atoms with E-state index in [0.29, 0.717) is 0 Å². The van der Waals surface area contributed by atoms with Gasteiger partial charge < -0.3 is 4.74 Å². The lowest BCUT2D eigenvalue weighted by atomic mass is 10.3. The third-order valence-corrected chi connectivity index (χ3v) is 3.08. The summed E-state index contributed by atoms with van der Waals surface area (Å²) in [6.07, 6.45) is 2.79. The molecule has 0 radical (unpaired) electrons. The van der Waals surface area contributed by atoms with Crippen molar-refractivity contribution in [3.63, 3.8) is 0 Å². The van der Waals surface area contributed by atoms with Crippen LogP contribution in [-0.2, 0) is 5.75 Å². The Morgan fingerprint density at radius 3 is 3.14 bits per heavy atom. The zero-order chi connectivity index (χ0) is 10.2. The molecule has 1 heterocycles. The highest BCUT2D eigenvalue weighted by atomic mass is 35.5. The van der Waals surface area contributed by atoms with Crippen LogP contribution in [0.15, 0.2) is 18.3 Å². The number of nitrogens with zero attached hydrogens (tertiary/aromatic N) is 1. The Bertz CT molecular complexity index is 270. The second-order valence-corrected chi connectivity index (χ2v) is 4.25. The zero-order valence-electron chi connectivity index (χ0n) is 8.20. The molecule has 0 saturated carbocycles. The molecular weight excluding hydrogens is 218 g/mol. The fourth-order valence-electron chi connectivity index (χ4n) is 1.06. The Morgan fingerprint density at radius 1 is 1.57 bits per heavy atom. The van der Waals surface area contributed by atoms with Crippen LogP contribution in [0.1, 0.15) is 12.0 Å². The number of methoxy groups -OCH3 is 1. The van der Waals surface area contributed by atoms with Crippen LogP contribution in [0.3, 0.4) is 0 Å². The lowest BCUT2D eigenvalue weighted by molar-refractivity contribution is 0.394. The Kier molecular flexibility index (Phi) is 5.80. The monoisotopic (exact) mass is 231 g/mol. The molecule has 0 aliphatic heterocycles. The van der Waals surface area contributed by atoms with Crippen LogP contribution in [0.2, 0.25) is 0 Å². The summed E-state index contributed by atoms with van der Waals surface area (Å²) >= 11 is 7.45. The summed E-state index contributed by atoms with van der Waals surface area (Å²) in [7, 11) is 1.65. The second-order valence-electron chi connectivity index (χ2n) is 2.77. The van der Waals surface area contributed by atoms with Crippen molar-refractivity contribution in [3.8, 4) is 5.88 Å². The zero-order valence-corrected chi connectivity index (χ0v) is 9.77. The number of thioether (sulfide) groups is 1. The molecule has 1 rings (SSSR count). The van der Waals surface area contributed by atoms with Crippen LogP contribution in [0.5, 0.6) is 5.88 Å². The third kappa shape index (κ3) is 3.76. The number of aromatic nitrogens is 1. The first kappa shape index (κ1) is 11.7. The van der Waals surface area contributed by atoms with Crippen LogP contribution in [-0.4, -0.2) is 23.7 Å². The van der Waals surface area contributed by atoms with Crippen LogP contribution >= 0.6 is 23.4 Å². The number of hydrogen-bond donors (Lipinski definition) is 0. The van der Waals surface area contributed by atoms with Crippen molar-refractivity contribution >= 4 is 23.4 Å². The molecule has 0 N–H and O–H groups in total. The normalized spacial score (nSPS) is 10.1. The van der Waals surface area contributed by atoms with Gasteiger partial charge in [0.1, 0.15) is 0 Å². The van der Waals surface area contributed by atoms with Crippen LogP contribution in [0.4, 0.5) is 0 Å². The van der Waals surface area contributed by atoms with Crippen LogP contribution in [0.25, 0.3) is 0 Å². The van der Waals surface area contributed by atoms with Crippen LogP contribution < -0.4 is 4.74 Å². The first-order chi connectivity index (χ1) is 6.88. The molecule has 0 unspecified atom stereocenters. The van der Waals surface area contributed by atoms with Crippen molar-refractivity contribution in [3.05, 3.63) is 23.9 Å². The van der Waals surface area contributed by atoms with E-state index >= 15 is 0 Å². The van der Waals surface area contributed by atoms with Gasteiger partial charge in [0.25, 0.3) is 0 Å². The lowest BCUT2D eigenvalue weighted by Gasteiger charge is -2.05. The van der Waals surface area contributed by atoms with Gasteiger partial charge in [0.05, 0.1) is 7.11 Å². The van der Waals surface area contributed by atoms with E-state index in [4.69, 9.17) is 16.3 Å². The van der Waals surface area contributed by atoms with Gasteiger partial charge in [-0.1, -0.05) is 6.07 Å². The maximum absolute atomic E-state index is 5.59. The first-order valence-electron chi connectivity index (χ1n) is 4.50. The number of rotatable bonds is 6. The lowest BCUT2D eigenvalue weighted by Crippen LogP contribution is -1.93. The molecule has 2 nitrogen and oxygen atoms in total. The van der Waals surface area contributed by atoms with Gasteiger partial charge in [0.15, 0.2) is 0 Å². The molecule has 4 heteroatoms. The Morgan fingerprint density at radius 2 is 2.43 bits per heavy atom. The molecule has 0 fully saturated rings. The number of pyridine rings is 1. The number of alkyl halides is 1. The van der Waals surface area contributed by atoms with Gasteiger partial charge >= 0.3 is 0 Å². The van der Waals surface area contributed by atoms with Gasteiger partial charge in [-0.05, 0) is 18.2 Å². The highest BCUT2D eigenvalue weighted by Gasteiger charge is 2.02. The summed E-state index contributed by atoms with van der Waals surface area (Å²) in [5.74, 6) is 3.48. The van der Waals surface area contributed by atoms with Crippen molar-refractivity contribution in [2.45, 2.75) is 12.2 Å². The van der Waals surface area contributed by atoms with E-state index in [-0.39, 0.29) is 0 Å². The van der Waals surface area contributed by atoms with Crippen molar-refractivity contribution < 1.29 is 4.74 Å². The predicted octanol–water partition coefficient (Wildman–Crippen LogP) is 2.95. The van der Waals surface area contributed by atoms with E-state index in [2.05, 4.69) is 4.98 Å². The molecule has 0 aliphatic carbocycles. The molecule has 0 aromatic carbocycles.